The zero-order valence-corrected chi connectivity index (χ0v) is 10.9. The summed E-state index contributed by atoms with van der Waals surface area (Å²) >= 11 is 0. The summed E-state index contributed by atoms with van der Waals surface area (Å²) in [7, 11) is 0. The molecule has 0 fully saturated rings. The second-order valence-electron chi connectivity index (χ2n) is 2.98. The predicted octanol–water partition coefficient (Wildman–Crippen LogP) is 4.07. The zero-order valence-electron chi connectivity index (χ0n) is 10.9. The Hall–Kier alpha value is -1.17. The molecule has 2 N–H and O–H groups in total. The minimum absolute atomic E-state index is 0.816. The first-order chi connectivity index (χ1) is 8.38. The van der Waals surface area contributed by atoms with E-state index in [0.29, 0.717) is 0 Å². The van der Waals surface area contributed by atoms with Crippen molar-refractivity contribution in [3.05, 3.63) is 34.6 Å². The van der Waals surface area contributed by atoms with E-state index in [9.17, 15) is 22.0 Å². The molecule has 0 saturated heterocycles. The van der Waals surface area contributed by atoms with Gasteiger partial charge in [0.2, 0.25) is 5.82 Å². The molecule has 0 aromatic heterocycles. The van der Waals surface area contributed by atoms with Gasteiger partial charge in [0, 0.05) is 5.56 Å². The largest absolute Gasteiger partial charge is 0.330 e. The molecule has 0 bridgehead atoms. The van der Waals surface area contributed by atoms with Crippen molar-refractivity contribution in [2.24, 2.45) is 5.73 Å². The summed E-state index contributed by atoms with van der Waals surface area (Å²) in [4.78, 5) is 0. The van der Waals surface area contributed by atoms with E-state index < -0.39 is 34.6 Å². The molecule has 18 heavy (non-hydrogen) atoms. The van der Waals surface area contributed by atoms with Crippen LogP contribution in [-0.4, -0.2) is 6.54 Å². The molecule has 0 heterocycles. The molecule has 0 aliphatic heterocycles. The molecule has 0 spiro atoms. The van der Waals surface area contributed by atoms with Crippen LogP contribution in [0.4, 0.5) is 22.0 Å². The highest BCUT2D eigenvalue weighted by Gasteiger charge is 2.22. The Balaban J connectivity index is 0. The van der Waals surface area contributed by atoms with Crippen LogP contribution in [0.2, 0.25) is 0 Å². The third-order valence-electron chi connectivity index (χ3n) is 1.72. The Kier molecular flexibility index (Phi) is 10.5. The van der Waals surface area contributed by atoms with Gasteiger partial charge in [0.15, 0.2) is 23.3 Å². The second kappa shape index (κ2) is 9.82. The van der Waals surface area contributed by atoms with Crippen LogP contribution in [0.5, 0.6) is 0 Å². The van der Waals surface area contributed by atoms with Gasteiger partial charge in [0.05, 0.1) is 0 Å². The van der Waals surface area contributed by atoms with E-state index in [1.807, 2.05) is 13.8 Å². The summed E-state index contributed by atoms with van der Waals surface area (Å²) < 4.78 is 61.6. The Bertz CT molecular complexity index is 259. The number of hydrogen-bond donors (Lipinski definition) is 1. The number of rotatable bonds is 1. The molecule has 1 aromatic carbocycles. The Morgan fingerprint density at radius 3 is 1.22 bits per heavy atom. The molecule has 106 valence electrons. The summed E-state index contributed by atoms with van der Waals surface area (Å²) in [5.41, 5.74) is 4.16. The van der Waals surface area contributed by atoms with Gasteiger partial charge in [-0.2, -0.15) is 0 Å². The lowest BCUT2D eigenvalue weighted by Crippen LogP contribution is -2.03. The van der Waals surface area contributed by atoms with Gasteiger partial charge in [-0.05, 0) is 19.9 Å². The number of benzene rings is 1. The fraction of sp³-hybridized carbons (Fsp3) is 0.500. The van der Waals surface area contributed by atoms with Crippen molar-refractivity contribution in [1.29, 1.82) is 0 Å². The monoisotopic (exact) mass is 271 g/mol. The van der Waals surface area contributed by atoms with E-state index in [2.05, 4.69) is 6.92 Å². The Labute approximate surface area is 104 Å². The summed E-state index contributed by atoms with van der Waals surface area (Å²) in [5, 5.41) is 0. The molecule has 0 aliphatic rings. The molecule has 1 rings (SSSR count). The van der Waals surface area contributed by atoms with Crippen molar-refractivity contribution in [2.45, 2.75) is 34.1 Å². The van der Waals surface area contributed by atoms with Gasteiger partial charge in [-0.1, -0.05) is 20.8 Å². The van der Waals surface area contributed by atoms with Crippen LogP contribution in [0.25, 0.3) is 0 Å². The maximum absolute atomic E-state index is 12.4. The van der Waals surface area contributed by atoms with Gasteiger partial charge < -0.3 is 5.73 Å². The lowest BCUT2D eigenvalue weighted by Gasteiger charge is -2.02. The van der Waals surface area contributed by atoms with Crippen molar-refractivity contribution in [3.63, 3.8) is 0 Å². The van der Waals surface area contributed by atoms with Crippen molar-refractivity contribution in [3.8, 4) is 0 Å². The third kappa shape index (κ3) is 5.00. The van der Waals surface area contributed by atoms with Gasteiger partial charge in [0.1, 0.15) is 0 Å². The van der Waals surface area contributed by atoms with Crippen molar-refractivity contribution < 1.29 is 22.0 Å². The van der Waals surface area contributed by atoms with E-state index in [4.69, 9.17) is 5.73 Å². The van der Waals surface area contributed by atoms with Crippen molar-refractivity contribution in [2.75, 3.05) is 6.54 Å². The Morgan fingerprint density at radius 2 is 1.00 bits per heavy atom. The minimum atomic E-state index is -2.13. The van der Waals surface area contributed by atoms with E-state index in [0.717, 1.165) is 19.9 Å². The van der Waals surface area contributed by atoms with Crippen LogP contribution in [-0.2, 0) is 0 Å². The molecule has 0 saturated carbocycles. The number of hydrogen-bond acceptors (Lipinski definition) is 1. The summed E-state index contributed by atoms with van der Waals surface area (Å²) in [6.45, 7) is 7.69. The fourth-order valence-corrected chi connectivity index (χ4v) is 0.715. The van der Waals surface area contributed by atoms with Gasteiger partial charge in [-0.15, -0.1) is 0 Å². The van der Waals surface area contributed by atoms with Crippen molar-refractivity contribution in [1.82, 2.24) is 0 Å². The fourth-order valence-electron chi connectivity index (χ4n) is 0.715. The average molecular weight is 271 g/mol. The molecule has 0 radical (unpaired) electrons. The summed E-state index contributed by atoms with van der Waals surface area (Å²) in [5.74, 6) is -9.52. The van der Waals surface area contributed by atoms with Crippen LogP contribution in [0.3, 0.4) is 0 Å². The second-order valence-corrected chi connectivity index (χ2v) is 2.98. The molecule has 0 atom stereocenters. The highest BCUT2D eigenvalue weighted by molar-refractivity contribution is 5.22. The first-order valence-corrected chi connectivity index (χ1v) is 5.56. The van der Waals surface area contributed by atoms with Gasteiger partial charge in [0.25, 0.3) is 0 Å². The molecule has 1 aromatic rings. The standard InChI is InChI=1S/C7H3F5.C3H9N.C2H6/c1-2-3(8)5(10)7(12)6(11)4(2)9;1-2-3-4;1-2/h1H3;2-4H2,1H3;1-2H3. The van der Waals surface area contributed by atoms with Crippen LogP contribution in [0.15, 0.2) is 0 Å². The number of nitrogens with two attached hydrogens (primary N) is 1. The lowest BCUT2D eigenvalue weighted by molar-refractivity contribution is 0.373. The molecule has 0 aliphatic carbocycles. The quantitative estimate of drug-likeness (QED) is 0.465. The zero-order chi connectivity index (χ0) is 14.9. The summed E-state index contributed by atoms with van der Waals surface area (Å²) in [6.07, 6.45) is 1.10. The van der Waals surface area contributed by atoms with Gasteiger partial charge in [-0.3, -0.25) is 0 Å². The van der Waals surface area contributed by atoms with Gasteiger partial charge >= 0.3 is 0 Å². The maximum Gasteiger partial charge on any atom is 0.200 e. The molecular formula is C12H18F5N. The van der Waals surface area contributed by atoms with Crippen LogP contribution in [0, 0.1) is 36.0 Å². The van der Waals surface area contributed by atoms with E-state index in [1.54, 1.807) is 0 Å². The molecule has 1 nitrogen and oxygen atoms in total. The SMILES string of the molecule is CC.CCCN.Cc1c(F)c(F)c(F)c(F)c1F. The van der Waals surface area contributed by atoms with E-state index >= 15 is 0 Å². The predicted molar refractivity (Wildman–Crippen MR) is 61.7 cm³/mol. The molecule has 0 unspecified atom stereocenters. The highest BCUT2D eigenvalue weighted by atomic mass is 19.2. The van der Waals surface area contributed by atoms with Gasteiger partial charge in [-0.25, -0.2) is 22.0 Å². The van der Waals surface area contributed by atoms with Crippen LogP contribution < -0.4 is 5.73 Å². The first-order valence-electron chi connectivity index (χ1n) is 5.56. The average Bonchev–Trinajstić information content (AvgIpc) is 2.43. The smallest absolute Gasteiger partial charge is 0.200 e. The molecule has 0 amide bonds. The van der Waals surface area contributed by atoms with Crippen LogP contribution >= 0.6 is 0 Å². The third-order valence-corrected chi connectivity index (χ3v) is 1.72. The summed E-state index contributed by atoms with van der Waals surface area (Å²) in [6, 6.07) is 0. The minimum Gasteiger partial charge on any atom is -0.330 e. The van der Waals surface area contributed by atoms with Crippen molar-refractivity contribution >= 4 is 0 Å². The normalized spacial score (nSPS) is 9.00. The maximum atomic E-state index is 12.4. The molecular weight excluding hydrogens is 253 g/mol. The van der Waals surface area contributed by atoms with E-state index in [-0.39, 0.29) is 0 Å². The van der Waals surface area contributed by atoms with Crippen LogP contribution in [0.1, 0.15) is 32.8 Å². The number of halogens is 5. The Morgan fingerprint density at radius 1 is 0.778 bits per heavy atom. The highest BCUT2D eigenvalue weighted by Crippen LogP contribution is 2.21. The first kappa shape index (κ1) is 19.2. The molecule has 6 heteroatoms. The lowest BCUT2D eigenvalue weighted by atomic mass is 10.2. The van der Waals surface area contributed by atoms with E-state index in [1.165, 1.54) is 0 Å². The topological polar surface area (TPSA) is 26.0 Å².